The highest BCUT2D eigenvalue weighted by Gasteiger charge is 2.31. The molecule has 0 aliphatic heterocycles. The molecule has 0 radical (unpaired) electrons. The van der Waals surface area contributed by atoms with Crippen LogP contribution in [-0.4, -0.2) is 43.3 Å². The number of benzene rings is 2. The number of likely N-dealkylation sites (N-methyl/N-ethyl adjacent to an activating group) is 1. The van der Waals surface area contributed by atoms with Crippen molar-refractivity contribution in [3.8, 4) is 11.5 Å². The number of amides is 2. The third-order valence-electron chi connectivity index (χ3n) is 3.67. The van der Waals surface area contributed by atoms with Gasteiger partial charge < -0.3 is 19.7 Å². The van der Waals surface area contributed by atoms with E-state index in [0.29, 0.717) is 17.9 Å². The molecule has 0 atom stereocenters. The zero-order chi connectivity index (χ0) is 21.4. The Bertz CT molecular complexity index is 821. The first kappa shape index (κ1) is 22.1. The van der Waals surface area contributed by atoms with Gasteiger partial charge in [-0.25, -0.2) is 0 Å². The van der Waals surface area contributed by atoms with Crippen LogP contribution in [0.5, 0.6) is 11.5 Å². The molecule has 2 aromatic carbocycles. The van der Waals surface area contributed by atoms with Crippen LogP contribution in [-0.2, 0) is 4.79 Å². The Morgan fingerprint density at radius 2 is 1.59 bits per heavy atom. The number of carbonyl (C=O) groups excluding carboxylic acids is 2. The van der Waals surface area contributed by atoms with Crippen LogP contribution in [0, 0.1) is 0 Å². The average Bonchev–Trinajstić information content (AvgIpc) is 2.66. The Balaban J connectivity index is 1.88. The van der Waals surface area contributed by atoms with Crippen molar-refractivity contribution in [3.05, 3.63) is 54.1 Å². The SMILES string of the molecule is CCCOc1ccc(C(=O)N(C)CC(=O)Nc2ccc(OC(F)(F)F)cc2)cc1. The van der Waals surface area contributed by atoms with Crippen LogP contribution in [0.15, 0.2) is 48.5 Å². The van der Waals surface area contributed by atoms with E-state index >= 15 is 0 Å². The van der Waals surface area contributed by atoms with Gasteiger partial charge in [0.05, 0.1) is 13.2 Å². The number of carbonyl (C=O) groups is 2. The minimum atomic E-state index is -4.78. The first-order valence-corrected chi connectivity index (χ1v) is 8.82. The summed E-state index contributed by atoms with van der Waals surface area (Å²) >= 11 is 0. The molecule has 0 saturated carbocycles. The number of rotatable bonds is 8. The van der Waals surface area contributed by atoms with Gasteiger partial charge in [-0.05, 0) is 55.0 Å². The summed E-state index contributed by atoms with van der Waals surface area (Å²) in [6, 6.07) is 11.3. The van der Waals surface area contributed by atoms with Gasteiger partial charge in [-0.2, -0.15) is 0 Å². The third-order valence-corrected chi connectivity index (χ3v) is 3.67. The van der Waals surface area contributed by atoms with E-state index in [1.165, 1.54) is 24.1 Å². The van der Waals surface area contributed by atoms with Crippen molar-refractivity contribution in [2.24, 2.45) is 0 Å². The summed E-state index contributed by atoms with van der Waals surface area (Å²) in [5.74, 6) is -0.583. The summed E-state index contributed by atoms with van der Waals surface area (Å²) < 4.78 is 45.7. The van der Waals surface area contributed by atoms with Crippen LogP contribution in [0.3, 0.4) is 0 Å². The zero-order valence-electron chi connectivity index (χ0n) is 16.0. The number of nitrogens with zero attached hydrogens (tertiary/aromatic N) is 1. The fourth-order valence-electron chi connectivity index (χ4n) is 2.36. The number of anilines is 1. The van der Waals surface area contributed by atoms with Crippen molar-refractivity contribution >= 4 is 17.5 Å². The standard InChI is InChI=1S/C20H21F3N2O4/c1-3-12-28-16-8-4-14(5-9-16)19(27)25(2)13-18(26)24-15-6-10-17(11-7-15)29-20(21,22)23/h4-11H,3,12-13H2,1-2H3,(H,24,26). The zero-order valence-corrected chi connectivity index (χ0v) is 16.0. The van der Waals surface area contributed by atoms with Gasteiger partial charge in [-0.15, -0.1) is 13.2 Å². The minimum absolute atomic E-state index is 0.228. The lowest BCUT2D eigenvalue weighted by atomic mass is 10.2. The number of alkyl halides is 3. The van der Waals surface area contributed by atoms with Gasteiger partial charge in [0.15, 0.2) is 0 Å². The van der Waals surface area contributed by atoms with E-state index in [1.807, 2.05) is 6.92 Å². The summed E-state index contributed by atoms with van der Waals surface area (Å²) in [5, 5.41) is 2.51. The highest BCUT2D eigenvalue weighted by atomic mass is 19.4. The van der Waals surface area contributed by atoms with Crippen LogP contribution < -0.4 is 14.8 Å². The second kappa shape index (κ2) is 9.81. The van der Waals surface area contributed by atoms with Crippen molar-refractivity contribution in [1.82, 2.24) is 4.90 Å². The first-order chi connectivity index (χ1) is 13.7. The number of hydrogen-bond donors (Lipinski definition) is 1. The molecule has 0 unspecified atom stereocenters. The summed E-state index contributed by atoms with van der Waals surface area (Å²) in [7, 11) is 1.48. The van der Waals surface area contributed by atoms with E-state index in [1.54, 1.807) is 24.3 Å². The van der Waals surface area contributed by atoms with Gasteiger partial charge in [0.1, 0.15) is 11.5 Å². The molecule has 0 bridgehead atoms. The molecular formula is C20H21F3N2O4. The fourth-order valence-corrected chi connectivity index (χ4v) is 2.36. The van der Waals surface area contributed by atoms with Crippen molar-refractivity contribution < 1.29 is 32.2 Å². The Kier molecular flexibility index (Phi) is 7.46. The average molecular weight is 410 g/mol. The van der Waals surface area contributed by atoms with Gasteiger partial charge in [0.25, 0.3) is 5.91 Å². The largest absolute Gasteiger partial charge is 0.573 e. The molecule has 2 rings (SSSR count). The molecular weight excluding hydrogens is 389 g/mol. The highest BCUT2D eigenvalue weighted by Crippen LogP contribution is 2.24. The second-order valence-electron chi connectivity index (χ2n) is 6.15. The predicted octanol–water partition coefficient (Wildman–Crippen LogP) is 4.08. The Morgan fingerprint density at radius 1 is 1.00 bits per heavy atom. The number of halogens is 3. The van der Waals surface area contributed by atoms with Gasteiger partial charge in [0, 0.05) is 18.3 Å². The molecule has 1 N–H and O–H groups in total. The predicted molar refractivity (Wildman–Crippen MR) is 101 cm³/mol. The maximum Gasteiger partial charge on any atom is 0.573 e. The lowest BCUT2D eigenvalue weighted by molar-refractivity contribution is -0.274. The van der Waals surface area contributed by atoms with Crippen molar-refractivity contribution in [2.75, 3.05) is 25.5 Å². The summed E-state index contributed by atoms with van der Waals surface area (Å²) in [4.78, 5) is 25.8. The van der Waals surface area contributed by atoms with Gasteiger partial charge >= 0.3 is 6.36 Å². The molecule has 0 aromatic heterocycles. The number of nitrogens with one attached hydrogen (secondary N) is 1. The molecule has 0 aliphatic carbocycles. The normalized spacial score (nSPS) is 10.9. The summed E-state index contributed by atoms with van der Waals surface area (Å²) in [6.07, 6.45) is -3.91. The van der Waals surface area contributed by atoms with Gasteiger partial charge in [-0.1, -0.05) is 6.92 Å². The van der Waals surface area contributed by atoms with E-state index in [9.17, 15) is 22.8 Å². The Morgan fingerprint density at radius 3 is 2.14 bits per heavy atom. The van der Waals surface area contributed by atoms with Gasteiger partial charge in [-0.3, -0.25) is 9.59 Å². The lowest BCUT2D eigenvalue weighted by Crippen LogP contribution is -2.34. The highest BCUT2D eigenvalue weighted by molar-refractivity contribution is 5.99. The monoisotopic (exact) mass is 410 g/mol. The molecule has 2 amide bonds. The number of ether oxygens (including phenoxy) is 2. The molecule has 0 saturated heterocycles. The Labute approximate surface area is 166 Å². The lowest BCUT2D eigenvalue weighted by Gasteiger charge is -2.17. The van der Waals surface area contributed by atoms with Crippen LogP contribution in [0.2, 0.25) is 0 Å². The van der Waals surface area contributed by atoms with E-state index in [-0.39, 0.29) is 18.1 Å². The summed E-state index contributed by atoms with van der Waals surface area (Å²) in [6.45, 7) is 2.34. The van der Waals surface area contributed by atoms with Gasteiger partial charge in [0.2, 0.25) is 5.91 Å². The van der Waals surface area contributed by atoms with Crippen LogP contribution in [0.1, 0.15) is 23.7 Å². The fraction of sp³-hybridized carbons (Fsp3) is 0.300. The van der Waals surface area contributed by atoms with E-state index in [2.05, 4.69) is 10.1 Å². The molecule has 0 heterocycles. The van der Waals surface area contributed by atoms with E-state index in [4.69, 9.17) is 4.74 Å². The third kappa shape index (κ3) is 7.36. The molecule has 29 heavy (non-hydrogen) atoms. The van der Waals surface area contributed by atoms with E-state index < -0.39 is 18.0 Å². The maximum atomic E-state index is 12.4. The second-order valence-corrected chi connectivity index (χ2v) is 6.15. The minimum Gasteiger partial charge on any atom is -0.494 e. The smallest absolute Gasteiger partial charge is 0.494 e. The van der Waals surface area contributed by atoms with Crippen molar-refractivity contribution in [3.63, 3.8) is 0 Å². The maximum absolute atomic E-state index is 12.4. The van der Waals surface area contributed by atoms with E-state index in [0.717, 1.165) is 18.6 Å². The molecule has 6 nitrogen and oxygen atoms in total. The quantitative estimate of drug-likeness (QED) is 0.712. The van der Waals surface area contributed by atoms with Crippen molar-refractivity contribution in [2.45, 2.75) is 19.7 Å². The van der Waals surface area contributed by atoms with Crippen LogP contribution in [0.4, 0.5) is 18.9 Å². The molecule has 156 valence electrons. The molecule has 0 fully saturated rings. The summed E-state index contributed by atoms with van der Waals surface area (Å²) in [5.41, 5.74) is 0.681. The van der Waals surface area contributed by atoms with Crippen LogP contribution >= 0.6 is 0 Å². The molecule has 9 heteroatoms. The molecule has 2 aromatic rings. The van der Waals surface area contributed by atoms with Crippen molar-refractivity contribution in [1.29, 1.82) is 0 Å². The first-order valence-electron chi connectivity index (χ1n) is 8.82. The molecule has 0 aliphatic rings. The van der Waals surface area contributed by atoms with Crippen LogP contribution in [0.25, 0.3) is 0 Å². The number of hydrogen-bond acceptors (Lipinski definition) is 4. The topological polar surface area (TPSA) is 67.9 Å². The molecule has 0 spiro atoms. The Hall–Kier alpha value is -3.23.